The molecule has 0 aliphatic carbocycles. The van der Waals surface area contributed by atoms with Crippen molar-refractivity contribution in [1.29, 1.82) is 0 Å². The third-order valence-corrected chi connectivity index (χ3v) is 5.63. The summed E-state index contributed by atoms with van der Waals surface area (Å²) >= 11 is 1.57. The molecule has 31 heavy (non-hydrogen) atoms. The summed E-state index contributed by atoms with van der Waals surface area (Å²) < 4.78 is 1.54. The molecule has 0 aliphatic heterocycles. The van der Waals surface area contributed by atoms with Gasteiger partial charge in [-0.1, -0.05) is 48.2 Å². The molecule has 2 aromatic heterocycles. The van der Waals surface area contributed by atoms with Gasteiger partial charge in [-0.2, -0.15) is 0 Å². The summed E-state index contributed by atoms with van der Waals surface area (Å²) in [4.78, 5) is 20.9. The minimum Gasteiger partial charge on any atom is -0.333 e. The fraction of sp³-hybridized carbons (Fsp3) is 0.0455. The molecule has 0 fully saturated rings. The van der Waals surface area contributed by atoms with Crippen LogP contribution in [0.25, 0.3) is 16.7 Å². The van der Waals surface area contributed by atoms with Gasteiger partial charge in [0.25, 0.3) is 5.91 Å². The van der Waals surface area contributed by atoms with Gasteiger partial charge >= 0.3 is 0 Å². The topological polar surface area (TPSA) is 101 Å². The van der Waals surface area contributed by atoms with E-state index in [-0.39, 0.29) is 5.91 Å². The van der Waals surface area contributed by atoms with Crippen molar-refractivity contribution >= 4 is 34.4 Å². The molecule has 0 saturated carbocycles. The molecule has 0 unspecified atom stereocenters. The fourth-order valence-electron chi connectivity index (χ4n) is 3.22. The largest absolute Gasteiger partial charge is 0.333 e. The van der Waals surface area contributed by atoms with Crippen molar-refractivity contribution in [1.82, 2.24) is 30.2 Å². The Balaban J connectivity index is 1.32. The van der Waals surface area contributed by atoms with E-state index in [2.05, 4.69) is 30.8 Å². The van der Waals surface area contributed by atoms with Gasteiger partial charge in [0.05, 0.1) is 16.7 Å². The van der Waals surface area contributed by atoms with Gasteiger partial charge in [0.2, 0.25) is 0 Å². The predicted octanol–water partition coefficient (Wildman–Crippen LogP) is 4.08. The molecule has 0 aliphatic rings. The molecule has 0 bridgehead atoms. The Morgan fingerprint density at radius 1 is 1.03 bits per heavy atom. The van der Waals surface area contributed by atoms with E-state index in [0.29, 0.717) is 17.0 Å². The number of H-pyrrole nitrogens is 1. The third kappa shape index (κ3) is 4.17. The Morgan fingerprint density at radius 3 is 2.77 bits per heavy atom. The van der Waals surface area contributed by atoms with E-state index < -0.39 is 0 Å². The number of thioether (sulfide) groups is 1. The van der Waals surface area contributed by atoms with E-state index >= 15 is 0 Å². The van der Waals surface area contributed by atoms with E-state index in [1.54, 1.807) is 11.8 Å². The van der Waals surface area contributed by atoms with Crippen molar-refractivity contribution < 1.29 is 4.79 Å². The quantitative estimate of drug-likeness (QED) is 0.396. The SMILES string of the molecule is O=C(Nc1cccc(-n2cnnn2)c1)c1ccccc1CSc1nc2ccccc2[nH]1. The lowest BCUT2D eigenvalue weighted by atomic mass is 10.1. The summed E-state index contributed by atoms with van der Waals surface area (Å²) in [5.41, 5.74) is 4.91. The highest BCUT2D eigenvalue weighted by atomic mass is 32.2. The van der Waals surface area contributed by atoms with Crippen molar-refractivity contribution in [3.63, 3.8) is 0 Å². The molecule has 9 heteroatoms. The molecule has 8 nitrogen and oxygen atoms in total. The van der Waals surface area contributed by atoms with Crippen LogP contribution in [0, 0.1) is 0 Å². The third-order valence-electron chi connectivity index (χ3n) is 4.71. The molecule has 0 saturated heterocycles. The number of nitrogens with one attached hydrogen (secondary N) is 2. The first-order valence-electron chi connectivity index (χ1n) is 9.56. The zero-order valence-corrected chi connectivity index (χ0v) is 17.1. The van der Waals surface area contributed by atoms with Crippen LogP contribution in [0.2, 0.25) is 0 Å². The highest BCUT2D eigenvalue weighted by Crippen LogP contribution is 2.25. The summed E-state index contributed by atoms with van der Waals surface area (Å²) in [7, 11) is 0. The molecule has 3 aromatic carbocycles. The van der Waals surface area contributed by atoms with E-state index in [0.717, 1.165) is 27.4 Å². The average Bonchev–Trinajstić information content (AvgIpc) is 3.48. The normalized spacial score (nSPS) is 11.0. The number of rotatable bonds is 6. The maximum absolute atomic E-state index is 13.0. The predicted molar refractivity (Wildman–Crippen MR) is 119 cm³/mol. The molecule has 0 atom stereocenters. The molecule has 0 spiro atoms. The van der Waals surface area contributed by atoms with Crippen molar-refractivity contribution in [2.24, 2.45) is 0 Å². The fourth-order valence-corrected chi connectivity index (χ4v) is 4.10. The van der Waals surface area contributed by atoms with Crippen LogP contribution in [-0.4, -0.2) is 36.1 Å². The number of para-hydroxylation sites is 2. The van der Waals surface area contributed by atoms with E-state index in [1.807, 2.05) is 72.8 Å². The number of hydrogen-bond donors (Lipinski definition) is 2. The standard InChI is InChI=1S/C22H17N7OS/c30-21(24-16-7-5-8-17(12-16)29-14-23-27-28-29)18-9-2-1-6-15(18)13-31-22-25-19-10-3-4-11-20(19)26-22/h1-12,14H,13H2,(H,24,30)(H,25,26). The number of tetrazole rings is 1. The van der Waals surface area contributed by atoms with Crippen LogP contribution in [0.4, 0.5) is 5.69 Å². The monoisotopic (exact) mass is 427 g/mol. The summed E-state index contributed by atoms with van der Waals surface area (Å²) in [5, 5.41) is 15.0. The second-order valence-corrected chi connectivity index (χ2v) is 7.73. The van der Waals surface area contributed by atoms with Gasteiger partial charge in [0.15, 0.2) is 5.16 Å². The molecule has 5 rings (SSSR count). The number of fused-ring (bicyclic) bond motifs is 1. The zero-order chi connectivity index (χ0) is 21.0. The van der Waals surface area contributed by atoms with Crippen LogP contribution < -0.4 is 5.32 Å². The Kier molecular flexibility index (Phi) is 5.16. The smallest absolute Gasteiger partial charge is 0.255 e. The number of nitrogens with zero attached hydrogens (tertiary/aromatic N) is 5. The number of carbonyl (C=O) groups excluding carboxylic acids is 1. The number of anilines is 1. The molecule has 152 valence electrons. The lowest BCUT2D eigenvalue weighted by Gasteiger charge is -2.10. The number of aromatic amines is 1. The van der Waals surface area contributed by atoms with E-state index in [4.69, 9.17) is 0 Å². The van der Waals surface area contributed by atoms with Crippen LogP contribution >= 0.6 is 11.8 Å². The van der Waals surface area contributed by atoms with Crippen molar-refractivity contribution in [3.05, 3.63) is 90.3 Å². The Hall–Kier alpha value is -3.98. The molecule has 2 N–H and O–H groups in total. The number of carbonyl (C=O) groups is 1. The van der Waals surface area contributed by atoms with Crippen molar-refractivity contribution in [3.8, 4) is 5.69 Å². The molecule has 1 amide bonds. The Labute approximate surface area is 181 Å². The van der Waals surface area contributed by atoms with Crippen LogP contribution in [0.15, 0.2) is 84.3 Å². The minimum absolute atomic E-state index is 0.172. The average molecular weight is 427 g/mol. The molecular weight excluding hydrogens is 410 g/mol. The number of hydrogen-bond acceptors (Lipinski definition) is 6. The first-order valence-corrected chi connectivity index (χ1v) is 10.5. The molecule has 2 heterocycles. The summed E-state index contributed by atoms with van der Waals surface area (Å²) in [6.45, 7) is 0. The first kappa shape index (κ1) is 19.0. The van der Waals surface area contributed by atoms with Crippen molar-refractivity contribution in [2.45, 2.75) is 10.9 Å². The second-order valence-electron chi connectivity index (χ2n) is 6.76. The van der Waals surface area contributed by atoms with Gasteiger partial charge < -0.3 is 10.3 Å². The van der Waals surface area contributed by atoms with Crippen molar-refractivity contribution in [2.75, 3.05) is 5.32 Å². The molecular formula is C22H17N7OS. The Bertz CT molecular complexity index is 1310. The molecule has 0 radical (unpaired) electrons. The minimum atomic E-state index is -0.172. The molecule has 5 aromatic rings. The summed E-state index contributed by atoms with van der Waals surface area (Å²) in [6, 6.07) is 22.9. The first-order chi connectivity index (χ1) is 15.3. The Morgan fingerprint density at radius 2 is 1.90 bits per heavy atom. The lowest BCUT2D eigenvalue weighted by molar-refractivity contribution is 0.102. The number of amides is 1. The van der Waals surface area contributed by atoms with Crippen LogP contribution in [0.3, 0.4) is 0 Å². The van der Waals surface area contributed by atoms with Gasteiger partial charge in [-0.3, -0.25) is 4.79 Å². The summed E-state index contributed by atoms with van der Waals surface area (Å²) in [5.74, 6) is 0.448. The summed E-state index contributed by atoms with van der Waals surface area (Å²) in [6.07, 6.45) is 1.51. The van der Waals surface area contributed by atoms with Gasteiger partial charge in [-0.15, -0.1) is 5.10 Å². The van der Waals surface area contributed by atoms with E-state index in [1.165, 1.54) is 11.0 Å². The highest BCUT2D eigenvalue weighted by Gasteiger charge is 2.13. The number of imidazole rings is 1. The highest BCUT2D eigenvalue weighted by molar-refractivity contribution is 7.98. The maximum Gasteiger partial charge on any atom is 0.255 e. The van der Waals surface area contributed by atoms with Crippen LogP contribution in [0.5, 0.6) is 0 Å². The van der Waals surface area contributed by atoms with Gasteiger partial charge in [-0.25, -0.2) is 9.67 Å². The van der Waals surface area contributed by atoms with Gasteiger partial charge in [-0.05, 0) is 52.4 Å². The maximum atomic E-state index is 13.0. The van der Waals surface area contributed by atoms with E-state index in [9.17, 15) is 4.79 Å². The zero-order valence-electron chi connectivity index (χ0n) is 16.3. The van der Waals surface area contributed by atoms with Crippen LogP contribution in [-0.2, 0) is 5.75 Å². The second kappa shape index (κ2) is 8.41. The van der Waals surface area contributed by atoms with Gasteiger partial charge in [0, 0.05) is 17.0 Å². The van der Waals surface area contributed by atoms with Crippen LogP contribution in [0.1, 0.15) is 15.9 Å². The number of benzene rings is 3. The number of aromatic nitrogens is 6. The lowest BCUT2D eigenvalue weighted by Crippen LogP contribution is -2.14. The van der Waals surface area contributed by atoms with Gasteiger partial charge in [0.1, 0.15) is 6.33 Å².